The van der Waals surface area contributed by atoms with Crippen LogP contribution in [-0.4, -0.2) is 97.4 Å². The van der Waals surface area contributed by atoms with E-state index in [0.717, 1.165) is 37.2 Å². The molecule has 0 aromatic heterocycles. The van der Waals surface area contributed by atoms with Crippen molar-refractivity contribution in [2.24, 2.45) is 11.8 Å². The van der Waals surface area contributed by atoms with Crippen LogP contribution >= 0.6 is 46.4 Å². The fourth-order valence-electron chi connectivity index (χ4n) is 5.27. The number of benzene rings is 2. The number of alkyl halides is 4. The Morgan fingerprint density at radius 2 is 0.913 bits per heavy atom. The van der Waals surface area contributed by atoms with Crippen molar-refractivity contribution in [2.45, 2.75) is 52.4 Å². The van der Waals surface area contributed by atoms with Gasteiger partial charge in [-0.3, -0.25) is 9.59 Å². The lowest BCUT2D eigenvalue weighted by atomic mass is 9.86. The number of carbonyl (C=O) groups is 2. The summed E-state index contributed by atoms with van der Waals surface area (Å²) in [6.07, 6.45) is 5.11. The van der Waals surface area contributed by atoms with E-state index in [2.05, 4.69) is 23.6 Å². The van der Waals surface area contributed by atoms with Gasteiger partial charge in [-0.1, -0.05) is 26.7 Å². The molecule has 10 heteroatoms. The first-order valence-corrected chi connectivity index (χ1v) is 18.8. The second-order valence-corrected chi connectivity index (χ2v) is 13.0. The molecule has 0 saturated heterocycles. The Labute approximate surface area is 297 Å². The highest BCUT2D eigenvalue weighted by atomic mass is 35.5. The van der Waals surface area contributed by atoms with Crippen LogP contribution in [0.3, 0.4) is 0 Å². The summed E-state index contributed by atoms with van der Waals surface area (Å²) in [6.45, 7) is 9.03. The first-order chi connectivity index (χ1) is 22.4. The van der Waals surface area contributed by atoms with Gasteiger partial charge >= 0.3 is 0 Å². The molecule has 0 saturated carbocycles. The van der Waals surface area contributed by atoms with Crippen molar-refractivity contribution in [1.82, 2.24) is 9.80 Å². The summed E-state index contributed by atoms with van der Waals surface area (Å²) >= 11 is 24.5. The summed E-state index contributed by atoms with van der Waals surface area (Å²) < 4.78 is 11.6. The van der Waals surface area contributed by atoms with E-state index in [0.29, 0.717) is 100.0 Å². The van der Waals surface area contributed by atoms with Crippen molar-refractivity contribution >= 4 is 58.0 Å². The molecule has 0 fully saturated rings. The highest BCUT2D eigenvalue weighted by molar-refractivity contribution is 6.18. The van der Waals surface area contributed by atoms with Gasteiger partial charge in [0, 0.05) is 85.8 Å². The predicted octanol–water partition coefficient (Wildman–Crippen LogP) is 8.68. The van der Waals surface area contributed by atoms with Gasteiger partial charge < -0.3 is 19.3 Å². The van der Waals surface area contributed by atoms with Crippen LogP contribution in [0.4, 0.5) is 0 Å². The smallest absolute Gasteiger partial charge is 0.167 e. The first-order valence-electron chi connectivity index (χ1n) is 16.6. The summed E-state index contributed by atoms with van der Waals surface area (Å²) in [7, 11) is 0. The quantitative estimate of drug-likeness (QED) is 0.0524. The summed E-state index contributed by atoms with van der Waals surface area (Å²) in [5, 5.41) is 0. The molecule has 0 heterocycles. The Hall–Kier alpha value is -1.54. The predicted molar refractivity (Wildman–Crippen MR) is 194 cm³/mol. The van der Waals surface area contributed by atoms with E-state index < -0.39 is 0 Å². The van der Waals surface area contributed by atoms with Gasteiger partial charge in [0.05, 0.1) is 13.2 Å². The molecule has 0 N–H and O–H groups in total. The maximum absolute atomic E-state index is 14.0. The summed E-state index contributed by atoms with van der Waals surface area (Å²) in [5.41, 5.74) is 1.24. The molecule has 0 unspecified atom stereocenters. The fraction of sp³-hybridized carbons (Fsp3) is 0.611. The SMILES string of the molecule is CCCCOc1ccc(C(=O)[C@@H](CC[C@@H](CN(CCCl)CCCl)C(=O)c2ccc(OCCCC)cc2)CN(CCCl)CCCl)cc1. The first kappa shape index (κ1) is 40.6. The molecular weight excluding hydrogens is 666 g/mol. The molecular formula is C36H52Cl4N2O4. The molecule has 0 aliphatic carbocycles. The number of rotatable bonds is 27. The van der Waals surface area contributed by atoms with Gasteiger partial charge in [0.1, 0.15) is 11.5 Å². The molecule has 2 aromatic rings. The van der Waals surface area contributed by atoms with E-state index >= 15 is 0 Å². The van der Waals surface area contributed by atoms with Crippen molar-refractivity contribution < 1.29 is 19.1 Å². The summed E-state index contributed by atoms with van der Waals surface area (Å²) in [6, 6.07) is 14.7. The van der Waals surface area contributed by atoms with Crippen molar-refractivity contribution in [2.75, 3.05) is 76.0 Å². The Kier molecular flexibility index (Phi) is 21.7. The van der Waals surface area contributed by atoms with Crippen LogP contribution < -0.4 is 9.47 Å². The summed E-state index contributed by atoms with van der Waals surface area (Å²) in [5.74, 6) is 2.62. The molecule has 46 heavy (non-hydrogen) atoms. The van der Waals surface area contributed by atoms with Crippen LogP contribution in [-0.2, 0) is 0 Å². The second-order valence-electron chi connectivity index (χ2n) is 11.5. The Bertz CT molecular complexity index is 1000. The van der Waals surface area contributed by atoms with Crippen LogP contribution in [0.1, 0.15) is 73.1 Å². The molecule has 258 valence electrons. The normalized spacial score (nSPS) is 12.8. The maximum atomic E-state index is 14.0. The lowest BCUT2D eigenvalue weighted by Gasteiger charge is -2.29. The van der Waals surface area contributed by atoms with Gasteiger partial charge in [-0.05, 0) is 74.2 Å². The Morgan fingerprint density at radius 3 is 1.20 bits per heavy atom. The molecule has 6 nitrogen and oxygen atoms in total. The third-order valence-corrected chi connectivity index (χ3v) is 8.65. The lowest BCUT2D eigenvalue weighted by Crippen LogP contribution is -2.38. The molecule has 0 amide bonds. The topological polar surface area (TPSA) is 59.1 Å². The number of carbonyl (C=O) groups excluding carboxylic acids is 2. The van der Waals surface area contributed by atoms with Crippen LogP contribution in [0.25, 0.3) is 0 Å². The molecule has 0 bridgehead atoms. The number of Topliss-reactive ketones (excluding diaryl/α,β-unsaturated/α-hetero) is 2. The van der Waals surface area contributed by atoms with Crippen LogP contribution in [0.2, 0.25) is 0 Å². The van der Waals surface area contributed by atoms with E-state index in [4.69, 9.17) is 55.9 Å². The standard InChI is InChI=1S/C36H52Cl4N2O4/c1-3-5-25-45-33-13-9-29(10-14-33)35(43)31(27-41(21-17-37)22-18-38)7-8-32(28-42(23-19-39)24-20-40)36(44)30-11-15-34(16-12-30)46-26-6-4-2/h9-16,31-32H,3-8,17-28H2,1-2H3/t31-,32-/m0/s1. The maximum Gasteiger partial charge on any atom is 0.167 e. The van der Waals surface area contributed by atoms with Gasteiger partial charge in [-0.25, -0.2) is 0 Å². The van der Waals surface area contributed by atoms with Gasteiger partial charge in [-0.15, -0.1) is 46.4 Å². The highest BCUT2D eigenvalue weighted by Gasteiger charge is 2.28. The molecule has 0 aliphatic heterocycles. The van der Waals surface area contributed by atoms with E-state index in [1.165, 1.54) is 0 Å². The number of ether oxygens (including phenoxy) is 2. The lowest BCUT2D eigenvalue weighted by molar-refractivity contribution is 0.0816. The zero-order valence-electron chi connectivity index (χ0n) is 27.5. The van der Waals surface area contributed by atoms with Crippen molar-refractivity contribution in [3.05, 3.63) is 59.7 Å². The fourth-order valence-corrected chi connectivity index (χ4v) is 6.23. The van der Waals surface area contributed by atoms with Crippen molar-refractivity contribution in [3.63, 3.8) is 0 Å². The molecule has 2 rings (SSSR count). The van der Waals surface area contributed by atoms with Crippen LogP contribution in [0.15, 0.2) is 48.5 Å². The third kappa shape index (κ3) is 15.1. The molecule has 2 atom stereocenters. The van der Waals surface area contributed by atoms with Gasteiger partial charge in [0.2, 0.25) is 0 Å². The van der Waals surface area contributed by atoms with Gasteiger partial charge in [0.25, 0.3) is 0 Å². The monoisotopic (exact) mass is 716 g/mol. The highest BCUT2D eigenvalue weighted by Crippen LogP contribution is 2.25. The zero-order chi connectivity index (χ0) is 33.6. The molecule has 0 radical (unpaired) electrons. The van der Waals surface area contributed by atoms with Crippen molar-refractivity contribution in [3.8, 4) is 11.5 Å². The van der Waals surface area contributed by atoms with E-state index in [1.54, 1.807) is 0 Å². The average molecular weight is 719 g/mol. The van der Waals surface area contributed by atoms with Crippen molar-refractivity contribution in [1.29, 1.82) is 0 Å². The minimum absolute atomic E-state index is 0.0346. The minimum atomic E-state index is -0.350. The van der Waals surface area contributed by atoms with Crippen LogP contribution in [0, 0.1) is 11.8 Å². The Morgan fingerprint density at radius 1 is 0.587 bits per heavy atom. The van der Waals surface area contributed by atoms with E-state index in [9.17, 15) is 9.59 Å². The second kappa shape index (κ2) is 24.6. The van der Waals surface area contributed by atoms with E-state index in [-0.39, 0.29) is 23.4 Å². The number of hydrogen-bond donors (Lipinski definition) is 0. The number of ketones is 2. The molecule has 2 aromatic carbocycles. The Balaban J connectivity index is 2.32. The number of hydrogen-bond acceptors (Lipinski definition) is 6. The summed E-state index contributed by atoms with van der Waals surface area (Å²) in [4.78, 5) is 32.3. The van der Waals surface area contributed by atoms with E-state index in [1.807, 2.05) is 48.5 Å². The number of nitrogens with zero attached hydrogens (tertiary/aromatic N) is 2. The average Bonchev–Trinajstić information content (AvgIpc) is 3.06. The zero-order valence-corrected chi connectivity index (χ0v) is 30.6. The van der Waals surface area contributed by atoms with Gasteiger partial charge in [-0.2, -0.15) is 0 Å². The molecule has 0 aliphatic rings. The number of unbranched alkanes of at least 4 members (excludes halogenated alkanes) is 2. The third-order valence-electron chi connectivity index (χ3n) is 7.98. The van der Waals surface area contributed by atoms with Gasteiger partial charge in [0.15, 0.2) is 11.6 Å². The largest absolute Gasteiger partial charge is 0.494 e. The molecule has 0 spiro atoms. The van der Waals surface area contributed by atoms with Crippen LogP contribution in [0.5, 0.6) is 11.5 Å². The number of halogens is 4. The minimum Gasteiger partial charge on any atom is -0.494 e.